The van der Waals surface area contributed by atoms with Gasteiger partial charge in [0, 0.05) is 6.54 Å². The fourth-order valence-electron chi connectivity index (χ4n) is 0.654. The van der Waals surface area contributed by atoms with Crippen LogP contribution in [0.25, 0.3) is 0 Å². The molecule has 0 aromatic rings. The molecule has 0 aliphatic rings. The summed E-state index contributed by atoms with van der Waals surface area (Å²) in [6.45, 7) is 1.58. The highest BCUT2D eigenvalue weighted by Crippen LogP contribution is 1.89. The lowest BCUT2D eigenvalue weighted by Gasteiger charge is -2.12. The molecule has 0 bridgehead atoms. The van der Waals surface area contributed by atoms with E-state index in [1.165, 1.54) is 0 Å². The van der Waals surface area contributed by atoms with E-state index in [1.807, 2.05) is 0 Å². The Morgan fingerprint density at radius 3 is 2.36 bits per heavy atom. The van der Waals surface area contributed by atoms with Crippen LogP contribution < -0.4 is 5.32 Å². The van der Waals surface area contributed by atoms with E-state index in [0.29, 0.717) is 6.42 Å². The van der Waals surface area contributed by atoms with Gasteiger partial charge in [-0.1, -0.05) is 6.92 Å². The third-order valence-electron chi connectivity index (χ3n) is 1.25. The Hall–Kier alpha value is -0.650. The second kappa shape index (κ2) is 5.06. The predicted molar refractivity (Wildman–Crippen MR) is 37.9 cm³/mol. The van der Waals surface area contributed by atoms with Crippen LogP contribution in [0, 0.1) is 0 Å². The Balaban J connectivity index is 3.61. The van der Waals surface area contributed by atoms with Crippen LogP contribution in [0.15, 0.2) is 0 Å². The molecule has 0 rings (SSSR count). The van der Waals surface area contributed by atoms with Gasteiger partial charge in [-0.15, -0.1) is 0 Å². The number of rotatable bonds is 5. The van der Waals surface area contributed by atoms with Crippen LogP contribution in [0.5, 0.6) is 0 Å². The number of carboxylic acid groups (broad SMARTS) is 1. The summed E-state index contributed by atoms with van der Waals surface area (Å²) >= 11 is 0. The van der Waals surface area contributed by atoms with Crippen LogP contribution in [0.4, 0.5) is 0 Å². The van der Waals surface area contributed by atoms with Gasteiger partial charge in [0.1, 0.15) is 6.04 Å². The van der Waals surface area contributed by atoms with Crippen LogP contribution in [0.1, 0.15) is 13.3 Å². The van der Waals surface area contributed by atoms with E-state index >= 15 is 0 Å². The molecule has 1 atom stereocenters. The Bertz CT molecular complexity index is 126. The molecule has 0 heterocycles. The van der Waals surface area contributed by atoms with Crippen molar-refractivity contribution in [2.75, 3.05) is 6.54 Å². The molecule has 1 unspecified atom stereocenters. The molecule has 0 radical (unpaired) electrons. The van der Waals surface area contributed by atoms with E-state index in [-0.39, 0.29) is 6.54 Å². The summed E-state index contributed by atoms with van der Waals surface area (Å²) in [5, 5.41) is 27.7. The number of hydrogen-bond acceptors (Lipinski definition) is 4. The van der Waals surface area contributed by atoms with Crippen molar-refractivity contribution in [3.63, 3.8) is 0 Å². The lowest BCUT2D eigenvalue weighted by molar-refractivity contribution is -0.140. The first-order valence-electron chi connectivity index (χ1n) is 3.40. The number of aliphatic carboxylic acids is 1. The molecule has 0 amide bonds. The zero-order valence-corrected chi connectivity index (χ0v) is 6.32. The van der Waals surface area contributed by atoms with Crippen molar-refractivity contribution >= 4 is 5.97 Å². The van der Waals surface area contributed by atoms with Gasteiger partial charge in [0.25, 0.3) is 0 Å². The average Bonchev–Trinajstić information content (AvgIpc) is 1.87. The van der Waals surface area contributed by atoms with Crippen molar-refractivity contribution in [3.05, 3.63) is 0 Å². The van der Waals surface area contributed by atoms with E-state index in [4.69, 9.17) is 15.3 Å². The lowest BCUT2D eigenvalue weighted by atomic mass is 10.2. The molecule has 0 spiro atoms. The molecule has 0 fully saturated rings. The van der Waals surface area contributed by atoms with E-state index < -0.39 is 18.3 Å². The van der Waals surface area contributed by atoms with Gasteiger partial charge in [-0.3, -0.25) is 10.1 Å². The van der Waals surface area contributed by atoms with Gasteiger partial charge < -0.3 is 15.3 Å². The SMILES string of the molecule is CCC(NCC(O)O)C(=O)O. The summed E-state index contributed by atoms with van der Waals surface area (Å²) in [5.74, 6) is -0.979. The molecule has 5 nitrogen and oxygen atoms in total. The second-order valence-corrected chi connectivity index (χ2v) is 2.19. The van der Waals surface area contributed by atoms with Crippen molar-refractivity contribution in [2.45, 2.75) is 25.7 Å². The molecular formula is C6H13NO4. The third-order valence-corrected chi connectivity index (χ3v) is 1.25. The smallest absolute Gasteiger partial charge is 0.320 e. The minimum atomic E-state index is -1.50. The maximum atomic E-state index is 10.3. The van der Waals surface area contributed by atoms with Crippen molar-refractivity contribution in [1.29, 1.82) is 0 Å². The summed E-state index contributed by atoms with van der Waals surface area (Å²) in [5.41, 5.74) is 0. The van der Waals surface area contributed by atoms with Crippen LogP contribution in [-0.4, -0.2) is 40.2 Å². The highest BCUT2D eigenvalue weighted by molar-refractivity contribution is 5.73. The monoisotopic (exact) mass is 163 g/mol. The maximum Gasteiger partial charge on any atom is 0.320 e. The predicted octanol–water partition coefficient (Wildman–Crippen LogP) is -1.25. The molecular weight excluding hydrogens is 150 g/mol. The summed E-state index contributed by atoms with van der Waals surface area (Å²) in [4.78, 5) is 10.3. The molecule has 0 aromatic carbocycles. The Morgan fingerprint density at radius 2 is 2.09 bits per heavy atom. The van der Waals surface area contributed by atoms with Gasteiger partial charge in [-0.05, 0) is 6.42 Å². The number of aliphatic hydroxyl groups is 2. The molecule has 4 N–H and O–H groups in total. The van der Waals surface area contributed by atoms with Crippen LogP contribution in [0.2, 0.25) is 0 Å². The molecule has 0 aliphatic carbocycles. The summed E-state index contributed by atoms with van der Waals surface area (Å²) in [6.07, 6.45) is -1.08. The first-order chi connectivity index (χ1) is 5.07. The minimum Gasteiger partial charge on any atom is -0.480 e. The van der Waals surface area contributed by atoms with Crippen molar-refractivity contribution in [2.24, 2.45) is 0 Å². The van der Waals surface area contributed by atoms with Gasteiger partial charge in [0.15, 0.2) is 6.29 Å². The standard InChI is InChI=1S/C6H13NO4/c1-2-4(6(10)11)7-3-5(8)9/h4-5,7-9H,2-3H2,1H3,(H,10,11). The molecule has 0 aliphatic heterocycles. The van der Waals surface area contributed by atoms with E-state index in [2.05, 4.69) is 5.32 Å². The zero-order chi connectivity index (χ0) is 8.85. The van der Waals surface area contributed by atoms with Crippen LogP contribution in [-0.2, 0) is 4.79 Å². The molecule has 0 saturated heterocycles. The number of nitrogens with one attached hydrogen (secondary N) is 1. The number of carbonyl (C=O) groups is 1. The number of hydrogen-bond donors (Lipinski definition) is 4. The summed E-state index contributed by atoms with van der Waals surface area (Å²) in [7, 11) is 0. The Morgan fingerprint density at radius 1 is 1.55 bits per heavy atom. The van der Waals surface area contributed by atoms with Crippen LogP contribution >= 0.6 is 0 Å². The Kier molecular flexibility index (Phi) is 4.76. The molecule has 0 saturated carbocycles. The van der Waals surface area contributed by atoms with Crippen molar-refractivity contribution in [1.82, 2.24) is 5.32 Å². The highest BCUT2D eigenvalue weighted by Gasteiger charge is 2.14. The fraction of sp³-hybridized carbons (Fsp3) is 0.833. The Labute approximate surface area is 64.7 Å². The average molecular weight is 163 g/mol. The van der Waals surface area contributed by atoms with E-state index in [9.17, 15) is 4.79 Å². The minimum absolute atomic E-state index is 0.120. The van der Waals surface area contributed by atoms with Gasteiger partial charge in [0.05, 0.1) is 0 Å². The quantitative estimate of drug-likeness (QED) is 0.380. The first-order valence-corrected chi connectivity index (χ1v) is 3.40. The van der Waals surface area contributed by atoms with E-state index in [1.54, 1.807) is 6.92 Å². The van der Waals surface area contributed by atoms with Crippen molar-refractivity contribution < 1.29 is 20.1 Å². The number of carboxylic acids is 1. The second-order valence-electron chi connectivity index (χ2n) is 2.19. The van der Waals surface area contributed by atoms with Gasteiger partial charge >= 0.3 is 5.97 Å². The molecule has 66 valence electrons. The molecule has 5 heteroatoms. The molecule has 0 aromatic heterocycles. The fourth-order valence-corrected chi connectivity index (χ4v) is 0.654. The normalized spacial score (nSPS) is 13.5. The maximum absolute atomic E-state index is 10.3. The first kappa shape index (κ1) is 10.3. The third kappa shape index (κ3) is 4.72. The largest absolute Gasteiger partial charge is 0.480 e. The highest BCUT2D eigenvalue weighted by atomic mass is 16.5. The van der Waals surface area contributed by atoms with Crippen molar-refractivity contribution in [3.8, 4) is 0 Å². The summed E-state index contributed by atoms with van der Waals surface area (Å²) in [6, 6.07) is -0.697. The van der Waals surface area contributed by atoms with Crippen LogP contribution in [0.3, 0.4) is 0 Å². The topological polar surface area (TPSA) is 89.8 Å². The molecule has 11 heavy (non-hydrogen) atoms. The van der Waals surface area contributed by atoms with Gasteiger partial charge in [0.2, 0.25) is 0 Å². The zero-order valence-electron chi connectivity index (χ0n) is 6.32. The summed E-state index contributed by atoms with van der Waals surface area (Å²) < 4.78 is 0. The van der Waals surface area contributed by atoms with E-state index in [0.717, 1.165) is 0 Å². The number of aliphatic hydroxyl groups excluding tert-OH is 1. The van der Waals surface area contributed by atoms with Gasteiger partial charge in [-0.2, -0.15) is 0 Å². The van der Waals surface area contributed by atoms with Gasteiger partial charge in [-0.25, -0.2) is 0 Å². The lowest BCUT2D eigenvalue weighted by Crippen LogP contribution is -2.40.